The molecule has 0 aromatic carbocycles. The van der Waals surface area contributed by atoms with Gasteiger partial charge in [-0.3, -0.25) is 15.0 Å². The van der Waals surface area contributed by atoms with E-state index in [1.807, 2.05) is 6.08 Å². The van der Waals surface area contributed by atoms with Crippen LogP contribution in [0, 0.1) is 17.3 Å². The van der Waals surface area contributed by atoms with E-state index in [4.69, 9.17) is 5.21 Å². The van der Waals surface area contributed by atoms with E-state index in [1.165, 1.54) is 24.4 Å². The highest BCUT2D eigenvalue weighted by Gasteiger charge is 2.52. The molecule has 2 fully saturated rings. The Morgan fingerprint density at radius 3 is 2.65 bits per heavy atom. The number of carbonyl (C=O) groups excluding carboxylic acids is 1. The first-order valence-corrected chi connectivity index (χ1v) is 10.9. The summed E-state index contributed by atoms with van der Waals surface area (Å²) in [6.45, 7) is 1.59. The Bertz CT molecular complexity index is 799. The summed E-state index contributed by atoms with van der Waals surface area (Å²) in [5.41, 5.74) is 1.59. The first kappa shape index (κ1) is 23.4. The average molecular weight is 434 g/mol. The zero-order valence-electron chi connectivity index (χ0n) is 17.7. The van der Waals surface area contributed by atoms with Gasteiger partial charge in [0.05, 0.1) is 17.8 Å². The smallest absolute Gasteiger partial charge is 0.277 e. The molecule has 1 aliphatic heterocycles. The minimum atomic E-state index is -0.882. The lowest BCUT2D eigenvalue weighted by Crippen LogP contribution is -2.38. The molecule has 0 bridgehead atoms. The van der Waals surface area contributed by atoms with E-state index in [2.05, 4.69) is 10.3 Å². The number of hydrogen-bond acceptors (Lipinski definition) is 6. The standard InChI is InChI=1S/C23H32FN3O4/c1-2-18(24)7-8-19(28)9-10-23(12-20(23)29)11-15-3-5-16(6-4-15)21-25-13-17(14-26-21)22(30)27-31/h2,7-10,13-16,19-21,25,28-29,31H,3-6,11-12H2,1H3,(H,27,30)/b8-7-,10-9+,18-2+. The second-order valence-electron chi connectivity index (χ2n) is 8.75. The van der Waals surface area contributed by atoms with Crippen LogP contribution in [0.15, 0.2) is 53.0 Å². The van der Waals surface area contributed by atoms with Gasteiger partial charge in [0.1, 0.15) is 12.0 Å². The average Bonchev–Trinajstić information content (AvgIpc) is 3.44. The first-order chi connectivity index (χ1) is 14.9. The second-order valence-corrected chi connectivity index (χ2v) is 8.75. The van der Waals surface area contributed by atoms with Crippen molar-refractivity contribution in [3.63, 3.8) is 0 Å². The maximum Gasteiger partial charge on any atom is 0.277 e. The third kappa shape index (κ3) is 6.12. The van der Waals surface area contributed by atoms with Gasteiger partial charge in [-0.2, -0.15) is 0 Å². The lowest BCUT2D eigenvalue weighted by Gasteiger charge is -2.34. The van der Waals surface area contributed by atoms with Crippen LogP contribution in [0.2, 0.25) is 0 Å². The van der Waals surface area contributed by atoms with Gasteiger partial charge < -0.3 is 15.5 Å². The molecular weight excluding hydrogens is 401 g/mol. The second kappa shape index (κ2) is 10.3. The SMILES string of the molecule is C/C=C(F)\C=C/C(O)/C=C/C1(CC2CCC(C3N=CC(C(=O)NO)=CN3)CC2)CC1O. The van der Waals surface area contributed by atoms with Crippen LogP contribution >= 0.6 is 0 Å². The number of nitrogens with zero attached hydrogens (tertiary/aromatic N) is 1. The van der Waals surface area contributed by atoms with Crippen molar-refractivity contribution in [2.45, 2.75) is 63.8 Å². The highest BCUT2D eigenvalue weighted by Crippen LogP contribution is 2.54. The van der Waals surface area contributed by atoms with Gasteiger partial charge in [-0.1, -0.05) is 31.1 Å². The number of rotatable bonds is 8. The molecule has 170 valence electrons. The van der Waals surface area contributed by atoms with Crippen molar-refractivity contribution in [2.24, 2.45) is 22.2 Å². The van der Waals surface area contributed by atoms with Crippen molar-refractivity contribution in [2.75, 3.05) is 0 Å². The number of hydrogen-bond donors (Lipinski definition) is 5. The molecule has 2 aliphatic carbocycles. The van der Waals surface area contributed by atoms with Gasteiger partial charge >= 0.3 is 0 Å². The molecule has 2 saturated carbocycles. The summed E-state index contributed by atoms with van der Waals surface area (Å²) in [6.07, 6.45) is 14.8. The first-order valence-electron chi connectivity index (χ1n) is 10.9. The van der Waals surface area contributed by atoms with E-state index in [0.717, 1.165) is 32.1 Å². The number of aliphatic hydroxyl groups is 2. The fourth-order valence-electron chi connectivity index (χ4n) is 4.52. The zero-order chi connectivity index (χ0) is 22.4. The summed E-state index contributed by atoms with van der Waals surface area (Å²) in [6, 6.07) is 0. The molecule has 8 heteroatoms. The molecule has 4 unspecified atom stereocenters. The van der Waals surface area contributed by atoms with E-state index in [9.17, 15) is 19.4 Å². The molecule has 3 rings (SSSR count). The predicted octanol–water partition coefficient (Wildman–Crippen LogP) is 2.67. The summed E-state index contributed by atoms with van der Waals surface area (Å²) in [5.74, 6) is -0.130. The van der Waals surface area contributed by atoms with Crippen molar-refractivity contribution >= 4 is 12.1 Å². The summed E-state index contributed by atoms with van der Waals surface area (Å²) < 4.78 is 13.1. The Morgan fingerprint density at radius 2 is 2.10 bits per heavy atom. The summed E-state index contributed by atoms with van der Waals surface area (Å²) >= 11 is 0. The van der Waals surface area contributed by atoms with Crippen LogP contribution in [0.1, 0.15) is 45.4 Å². The van der Waals surface area contributed by atoms with Gasteiger partial charge in [-0.05, 0) is 56.6 Å². The molecular formula is C23H32FN3O4. The van der Waals surface area contributed by atoms with Gasteiger partial charge in [-0.25, -0.2) is 9.87 Å². The van der Waals surface area contributed by atoms with Gasteiger partial charge in [0, 0.05) is 17.8 Å². The Labute approximate surface area is 182 Å². The Kier molecular flexibility index (Phi) is 7.80. The topological polar surface area (TPSA) is 114 Å². The van der Waals surface area contributed by atoms with Crippen LogP contribution in [0.4, 0.5) is 4.39 Å². The van der Waals surface area contributed by atoms with Crippen molar-refractivity contribution in [1.82, 2.24) is 10.8 Å². The highest BCUT2D eigenvalue weighted by atomic mass is 19.1. The van der Waals surface area contributed by atoms with Crippen LogP contribution in [0.3, 0.4) is 0 Å². The molecule has 1 amide bonds. The number of carbonyl (C=O) groups is 1. The number of allylic oxidation sites excluding steroid dienone is 3. The normalized spacial score (nSPS) is 34.5. The lowest BCUT2D eigenvalue weighted by molar-refractivity contribution is -0.124. The minimum absolute atomic E-state index is 0.0731. The van der Waals surface area contributed by atoms with Crippen LogP contribution in [-0.4, -0.2) is 45.9 Å². The predicted molar refractivity (Wildman–Crippen MR) is 116 cm³/mol. The Hall–Kier alpha value is -2.29. The van der Waals surface area contributed by atoms with Crippen LogP contribution < -0.4 is 10.8 Å². The molecule has 5 N–H and O–H groups in total. The quantitative estimate of drug-likeness (QED) is 0.175. The van der Waals surface area contributed by atoms with E-state index in [1.54, 1.807) is 24.7 Å². The largest absolute Gasteiger partial charge is 0.392 e. The fraction of sp³-hybridized carbons (Fsp3) is 0.565. The monoisotopic (exact) mass is 433 g/mol. The molecule has 3 aliphatic rings. The van der Waals surface area contributed by atoms with Crippen LogP contribution in [-0.2, 0) is 4.79 Å². The van der Waals surface area contributed by atoms with E-state index < -0.39 is 23.9 Å². The van der Waals surface area contributed by atoms with Gasteiger partial charge in [0.15, 0.2) is 0 Å². The van der Waals surface area contributed by atoms with Gasteiger partial charge in [-0.15, -0.1) is 0 Å². The van der Waals surface area contributed by atoms with Crippen molar-refractivity contribution in [1.29, 1.82) is 0 Å². The van der Waals surface area contributed by atoms with E-state index >= 15 is 0 Å². The molecule has 1 heterocycles. The molecule has 4 atom stereocenters. The van der Waals surface area contributed by atoms with E-state index in [-0.39, 0.29) is 17.2 Å². The fourth-order valence-corrected chi connectivity index (χ4v) is 4.52. The lowest BCUT2D eigenvalue weighted by atomic mass is 9.76. The number of halogens is 1. The third-order valence-corrected chi connectivity index (χ3v) is 6.58. The van der Waals surface area contributed by atoms with Crippen LogP contribution in [0.5, 0.6) is 0 Å². The number of amides is 1. The number of hydroxylamine groups is 1. The summed E-state index contributed by atoms with van der Waals surface area (Å²) in [5, 5.41) is 32.1. The molecule has 0 aromatic rings. The van der Waals surface area contributed by atoms with Crippen LogP contribution in [0.25, 0.3) is 0 Å². The molecule has 0 radical (unpaired) electrons. The zero-order valence-corrected chi connectivity index (χ0v) is 17.7. The minimum Gasteiger partial charge on any atom is -0.392 e. The number of aliphatic imine (C=N–C) groups is 1. The van der Waals surface area contributed by atoms with Crippen molar-refractivity contribution < 1.29 is 24.6 Å². The Morgan fingerprint density at radius 1 is 1.39 bits per heavy atom. The maximum atomic E-state index is 13.1. The molecule has 0 saturated heterocycles. The van der Waals surface area contributed by atoms with E-state index in [0.29, 0.717) is 18.3 Å². The molecule has 7 nitrogen and oxygen atoms in total. The summed E-state index contributed by atoms with van der Waals surface area (Å²) in [4.78, 5) is 15.8. The summed E-state index contributed by atoms with van der Waals surface area (Å²) in [7, 11) is 0. The van der Waals surface area contributed by atoms with Gasteiger partial charge in [0.2, 0.25) is 0 Å². The Balaban J connectivity index is 1.47. The highest BCUT2D eigenvalue weighted by molar-refractivity contribution is 6.11. The molecule has 0 spiro atoms. The number of aliphatic hydroxyl groups excluding tert-OH is 2. The van der Waals surface area contributed by atoms with Gasteiger partial charge in [0.25, 0.3) is 5.91 Å². The molecule has 31 heavy (non-hydrogen) atoms. The number of nitrogens with one attached hydrogen (secondary N) is 2. The third-order valence-electron chi connectivity index (χ3n) is 6.58. The van der Waals surface area contributed by atoms with Crippen molar-refractivity contribution in [3.05, 3.63) is 48.0 Å². The van der Waals surface area contributed by atoms with Crippen molar-refractivity contribution in [3.8, 4) is 0 Å². The maximum absolute atomic E-state index is 13.1. The molecule has 0 aromatic heterocycles.